The Kier molecular flexibility index (Phi) is 5.89. The maximum absolute atomic E-state index is 11.5. The zero-order chi connectivity index (χ0) is 16.0. The monoisotopic (exact) mass is 294 g/mol. The molecule has 116 valence electrons. The molecule has 1 saturated carbocycles. The molecule has 1 aliphatic carbocycles. The van der Waals surface area contributed by atoms with E-state index < -0.39 is 5.91 Å². The third-order valence-corrected chi connectivity index (χ3v) is 3.54. The average Bonchev–Trinajstić information content (AvgIpc) is 2.39. The van der Waals surface area contributed by atoms with Crippen LogP contribution in [-0.4, -0.2) is 29.5 Å². The summed E-state index contributed by atoms with van der Waals surface area (Å²) in [7, 11) is 0. The Morgan fingerprint density at radius 3 is 2.33 bits per heavy atom. The standard InChI is InChI=1S/C13H23N7O/c1-7-4-2-3-5-9(7)19-10(8(6-14)12(16)21)11(15)20-13(17)18/h6-7,9H,2-5,14H2,1H3,(H2,16,21)(H5,15,17,18,20)/p+1. The molecule has 1 fully saturated rings. The fourth-order valence-corrected chi connectivity index (χ4v) is 2.40. The van der Waals surface area contributed by atoms with Crippen molar-refractivity contribution in [3.8, 4) is 0 Å². The van der Waals surface area contributed by atoms with E-state index in [2.05, 4.69) is 16.9 Å². The van der Waals surface area contributed by atoms with E-state index >= 15 is 0 Å². The topological polar surface area (TPSA) is 171 Å². The van der Waals surface area contributed by atoms with Gasteiger partial charge in [0.25, 0.3) is 5.91 Å². The Labute approximate surface area is 123 Å². The van der Waals surface area contributed by atoms with Crippen LogP contribution in [0.25, 0.3) is 0 Å². The minimum absolute atomic E-state index is 0.00951. The third kappa shape index (κ3) is 4.59. The first-order valence-electron chi connectivity index (χ1n) is 6.89. The number of aliphatic imine (C=N–C) groups is 2. The van der Waals surface area contributed by atoms with Gasteiger partial charge in [0.05, 0.1) is 11.6 Å². The first-order valence-corrected chi connectivity index (χ1v) is 6.89. The summed E-state index contributed by atoms with van der Waals surface area (Å²) in [5, 5.41) is 5.31. The van der Waals surface area contributed by atoms with E-state index in [9.17, 15) is 4.79 Å². The number of guanidine groups is 1. The Hall–Kier alpha value is -2.38. The summed E-state index contributed by atoms with van der Waals surface area (Å²) in [5.41, 5.74) is 22.1. The van der Waals surface area contributed by atoms with Gasteiger partial charge in [-0.1, -0.05) is 24.8 Å². The van der Waals surface area contributed by atoms with Crippen molar-refractivity contribution in [2.75, 3.05) is 0 Å². The second kappa shape index (κ2) is 7.41. The molecule has 10 N–H and O–H groups in total. The zero-order valence-electron chi connectivity index (χ0n) is 12.2. The zero-order valence-corrected chi connectivity index (χ0v) is 12.2. The van der Waals surface area contributed by atoms with Crippen molar-refractivity contribution in [2.45, 2.75) is 38.6 Å². The van der Waals surface area contributed by atoms with Gasteiger partial charge in [-0.2, -0.15) is 0 Å². The van der Waals surface area contributed by atoms with Crippen LogP contribution in [0.4, 0.5) is 0 Å². The van der Waals surface area contributed by atoms with Gasteiger partial charge in [0.1, 0.15) is 5.71 Å². The first-order chi connectivity index (χ1) is 9.86. The molecule has 0 heterocycles. The van der Waals surface area contributed by atoms with Crippen LogP contribution in [0.15, 0.2) is 21.8 Å². The first kappa shape index (κ1) is 16.7. The molecule has 1 aliphatic rings. The van der Waals surface area contributed by atoms with Crippen LogP contribution in [-0.2, 0) is 4.79 Å². The number of primary amides is 1. The number of carbonyl (C=O) groups excluding carboxylic acids is 1. The normalized spacial score (nSPS) is 24.7. The quantitative estimate of drug-likeness (QED) is 0.224. The van der Waals surface area contributed by atoms with Gasteiger partial charge >= 0.3 is 5.96 Å². The molecule has 0 aromatic rings. The van der Waals surface area contributed by atoms with Crippen molar-refractivity contribution in [3.05, 3.63) is 11.8 Å². The number of amides is 1. The molecule has 0 aliphatic heterocycles. The minimum Gasteiger partial charge on any atom is -0.404 e. The molecule has 8 heteroatoms. The Bertz CT molecular complexity index is 507. The molecule has 1 rings (SSSR count). The smallest absolute Gasteiger partial charge is 0.382 e. The van der Waals surface area contributed by atoms with E-state index in [4.69, 9.17) is 28.3 Å². The van der Waals surface area contributed by atoms with Crippen LogP contribution >= 0.6 is 0 Å². The molecule has 0 bridgehead atoms. The van der Waals surface area contributed by atoms with E-state index in [-0.39, 0.29) is 29.1 Å². The Balaban J connectivity index is 3.23. The summed E-state index contributed by atoms with van der Waals surface area (Å²) in [6, 6.07) is 0.0378. The predicted molar refractivity (Wildman–Crippen MR) is 83.1 cm³/mol. The number of hydrogen-bond donors (Lipinski definition) is 5. The second-order valence-electron chi connectivity index (χ2n) is 5.17. The van der Waals surface area contributed by atoms with Crippen molar-refractivity contribution < 1.29 is 10.2 Å². The van der Waals surface area contributed by atoms with Crippen molar-refractivity contribution in [1.29, 1.82) is 0 Å². The molecule has 0 saturated heterocycles. The van der Waals surface area contributed by atoms with Crippen LogP contribution in [0.1, 0.15) is 32.6 Å². The van der Waals surface area contributed by atoms with Gasteiger partial charge in [-0.25, -0.2) is 0 Å². The van der Waals surface area contributed by atoms with Crippen molar-refractivity contribution in [2.24, 2.45) is 38.8 Å². The Morgan fingerprint density at radius 2 is 1.86 bits per heavy atom. The van der Waals surface area contributed by atoms with Gasteiger partial charge < -0.3 is 17.2 Å². The van der Waals surface area contributed by atoms with Crippen molar-refractivity contribution in [1.82, 2.24) is 0 Å². The Morgan fingerprint density at radius 1 is 1.24 bits per heavy atom. The predicted octanol–water partition coefficient (Wildman–Crippen LogP) is -2.23. The van der Waals surface area contributed by atoms with E-state index in [1.807, 2.05) is 0 Å². The summed E-state index contributed by atoms with van der Waals surface area (Å²) in [6.45, 7) is 2.11. The lowest BCUT2D eigenvalue weighted by atomic mass is 9.86. The van der Waals surface area contributed by atoms with E-state index in [0.29, 0.717) is 5.92 Å². The highest BCUT2D eigenvalue weighted by molar-refractivity contribution is 6.53. The molecule has 21 heavy (non-hydrogen) atoms. The maximum Gasteiger partial charge on any atom is 0.382 e. The van der Waals surface area contributed by atoms with Gasteiger partial charge in [0.2, 0.25) is 5.84 Å². The average molecular weight is 294 g/mol. The highest BCUT2D eigenvalue weighted by Gasteiger charge is 2.25. The molecule has 8 nitrogen and oxygen atoms in total. The number of rotatable bonds is 4. The summed E-state index contributed by atoms with van der Waals surface area (Å²) in [5.74, 6) is -0.637. The van der Waals surface area contributed by atoms with E-state index in [1.165, 1.54) is 6.42 Å². The van der Waals surface area contributed by atoms with Crippen LogP contribution < -0.4 is 28.3 Å². The minimum atomic E-state index is -0.728. The highest BCUT2D eigenvalue weighted by Crippen LogP contribution is 2.26. The van der Waals surface area contributed by atoms with Crippen molar-refractivity contribution in [3.63, 3.8) is 0 Å². The third-order valence-electron chi connectivity index (χ3n) is 3.54. The molecule has 0 aromatic carbocycles. The summed E-state index contributed by atoms with van der Waals surface area (Å²) in [4.78, 5) is 19.8. The molecule has 0 aromatic heterocycles. The largest absolute Gasteiger partial charge is 0.404 e. The second-order valence-corrected chi connectivity index (χ2v) is 5.17. The van der Waals surface area contributed by atoms with Gasteiger partial charge in [0.15, 0.2) is 0 Å². The van der Waals surface area contributed by atoms with Crippen LogP contribution in [0.5, 0.6) is 0 Å². The van der Waals surface area contributed by atoms with Gasteiger partial charge in [-0.15, -0.1) is 0 Å². The molecular weight excluding hydrogens is 270 g/mol. The molecule has 0 spiro atoms. The van der Waals surface area contributed by atoms with Gasteiger partial charge in [-0.3, -0.25) is 20.9 Å². The van der Waals surface area contributed by atoms with Gasteiger partial charge in [0, 0.05) is 6.20 Å². The van der Waals surface area contributed by atoms with E-state index in [1.54, 1.807) is 0 Å². The van der Waals surface area contributed by atoms with Crippen LogP contribution in [0.3, 0.4) is 0 Å². The fraction of sp³-hybridized carbons (Fsp3) is 0.538. The van der Waals surface area contributed by atoms with Crippen LogP contribution in [0.2, 0.25) is 0 Å². The van der Waals surface area contributed by atoms with Crippen molar-refractivity contribution >= 4 is 23.4 Å². The molecule has 2 unspecified atom stereocenters. The molecular formula is C13H24N7O+. The highest BCUT2D eigenvalue weighted by atomic mass is 16.1. The lowest BCUT2D eigenvalue weighted by Crippen LogP contribution is -2.46. The number of amidine groups is 1. The fourth-order valence-electron chi connectivity index (χ4n) is 2.40. The summed E-state index contributed by atoms with van der Waals surface area (Å²) >= 11 is 0. The lowest BCUT2D eigenvalue weighted by Gasteiger charge is -2.26. The van der Waals surface area contributed by atoms with E-state index in [0.717, 1.165) is 25.5 Å². The SMILES string of the molecule is CC1CCCCC1N=C(C(=CN)C(N)=O)C(N)=NC(N)=[NH2+]. The lowest BCUT2D eigenvalue weighted by molar-refractivity contribution is -0.117. The maximum atomic E-state index is 11.5. The van der Waals surface area contributed by atoms with Crippen LogP contribution in [0, 0.1) is 5.92 Å². The van der Waals surface area contributed by atoms with Gasteiger partial charge in [-0.05, 0) is 18.8 Å². The summed E-state index contributed by atoms with van der Waals surface area (Å²) < 4.78 is 0. The number of hydrogen-bond acceptors (Lipinski definition) is 3. The number of nitrogens with zero attached hydrogens (tertiary/aromatic N) is 2. The number of nitrogens with two attached hydrogens (primary N) is 5. The molecule has 0 radical (unpaired) electrons. The summed E-state index contributed by atoms with van der Waals surface area (Å²) in [6.07, 6.45) is 5.30. The molecule has 2 atom stereocenters. The number of carbonyl (C=O) groups is 1. The molecule has 1 amide bonds.